The summed E-state index contributed by atoms with van der Waals surface area (Å²) < 4.78 is 0. The van der Waals surface area contributed by atoms with Crippen molar-refractivity contribution in [3.63, 3.8) is 0 Å². The number of pyridine rings is 1. The number of aliphatic carboxylic acids is 1. The van der Waals surface area contributed by atoms with E-state index in [9.17, 15) is 9.90 Å². The number of carboxylic acids is 1. The molecule has 1 aliphatic heterocycles. The number of rotatable bonds is 13. The maximum Gasteiger partial charge on any atom is 0.326 e. The minimum Gasteiger partial charge on any atom is -0.480 e. The van der Waals surface area contributed by atoms with Crippen LogP contribution >= 0.6 is 0 Å². The van der Waals surface area contributed by atoms with Gasteiger partial charge in [-0.25, -0.2) is 19.7 Å². The van der Waals surface area contributed by atoms with Crippen LogP contribution in [0.3, 0.4) is 0 Å². The highest BCUT2D eigenvalue weighted by Crippen LogP contribution is 2.21. The number of nitrogens with one attached hydrogen (secondary N) is 2. The average molecular weight is 491 g/mol. The molecule has 4 rings (SSSR count). The summed E-state index contributed by atoms with van der Waals surface area (Å²) in [6, 6.07) is 11.7. The number of fused-ring (bicyclic) bond motifs is 2. The lowest BCUT2D eigenvalue weighted by atomic mass is 10.1. The standard InChI is InChI=1S/C28H38N6O2/c1-20(2)34(17-7-3-4-10-22-14-13-21-9-8-16-29-26(21)32-22)18-15-25(28(35)36)33-27-23-11-5-6-12-24(23)30-19-31-27/h5-6,11-14,19-20,25H,3-4,7-10,15-18H2,1-2H3,(H,29,32)(H,35,36)(H,30,31,33)/t25-/m0/s1. The lowest BCUT2D eigenvalue weighted by molar-refractivity contribution is -0.138. The topological polar surface area (TPSA) is 103 Å². The number of carbonyl (C=O) groups is 1. The first-order valence-electron chi connectivity index (χ1n) is 13.2. The largest absolute Gasteiger partial charge is 0.480 e. The number of para-hydroxylation sites is 1. The third-order valence-electron chi connectivity index (χ3n) is 6.92. The SMILES string of the molecule is CC(C)N(CCCCCc1ccc2c(n1)NCCC2)CC[C@H](Nc1ncnc2ccccc12)C(=O)O. The predicted molar refractivity (Wildman–Crippen MR) is 145 cm³/mol. The quantitative estimate of drug-likeness (QED) is 0.295. The number of aromatic nitrogens is 3. The Morgan fingerprint density at radius 2 is 1.97 bits per heavy atom. The van der Waals surface area contributed by atoms with Crippen molar-refractivity contribution in [2.75, 3.05) is 30.3 Å². The lowest BCUT2D eigenvalue weighted by Crippen LogP contribution is -2.38. The average Bonchev–Trinajstić information content (AvgIpc) is 2.89. The first kappa shape index (κ1) is 25.8. The molecule has 1 aliphatic rings. The summed E-state index contributed by atoms with van der Waals surface area (Å²) in [7, 11) is 0. The highest BCUT2D eigenvalue weighted by atomic mass is 16.4. The second kappa shape index (κ2) is 12.6. The minimum absolute atomic E-state index is 0.354. The van der Waals surface area contributed by atoms with Crippen LogP contribution in [0.5, 0.6) is 0 Å². The van der Waals surface area contributed by atoms with Gasteiger partial charge in [0.25, 0.3) is 0 Å². The fraction of sp³-hybridized carbons (Fsp3) is 0.500. The molecule has 0 amide bonds. The molecular formula is C28H38N6O2. The number of hydrogen-bond acceptors (Lipinski definition) is 7. The van der Waals surface area contributed by atoms with E-state index >= 15 is 0 Å². The maximum absolute atomic E-state index is 12.0. The zero-order valence-electron chi connectivity index (χ0n) is 21.4. The van der Waals surface area contributed by atoms with Gasteiger partial charge in [0, 0.05) is 30.2 Å². The van der Waals surface area contributed by atoms with E-state index < -0.39 is 12.0 Å². The molecule has 0 saturated heterocycles. The van der Waals surface area contributed by atoms with Crippen molar-refractivity contribution in [1.29, 1.82) is 0 Å². The van der Waals surface area contributed by atoms with Gasteiger partial charge in [0.2, 0.25) is 0 Å². The van der Waals surface area contributed by atoms with Gasteiger partial charge in [-0.05, 0) is 82.7 Å². The van der Waals surface area contributed by atoms with Gasteiger partial charge in [-0.3, -0.25) is 0 Å². The Morgan fingerprint density at radius 3 is 2.81 bits per heavy atom. The van der Waals surface area contributed by atoms with Gasteiger partial charge in [-0.2, -0.15) is 0 Å². The number of aryl methyl sites for hydroxylation is 2. The van der Waals surface area contributed by atoms with Crippen molar-refractivity contribution in [1.82, 2.24) is 19.9 Å². The number of unbranched alkanes of at least 4 members (excludes halogenated alkanes) is 2. The monoisotopic (exact) mass is 490 g/mol. The van der Waals surface area contributed by atoms with Crippen LogP contribution in [0.4, 0.5) is 11.6 Å². The summed E-state index contributed by atoms with van der Waals surface area (Å²) in [5.41, 5.74) is 3.29. The number of anilines is 2. The Morgan fingerprint density at radius 1 is 1.11 bits per heavy atom. The highest BCUT2D eigenvalue weighted by Gasteiger charge is 2.21. The lowest BCUT2D eigenvalue weighted by Gasteiger charge is -2.28. The zero-order chi connectivity index (χ0) is 25.3. The number of nitrogens with zero attached hydrogens (tertiary/aromatic N) is 4. The Labute approximate surface area is 213 Å². The molecular weight excluding hydrogens is 452 g/mol. The fourth-order valence-electron chi connectivity index (χ4n) is 4.77. The van der Waals surface area contributed by atoms with E-state index in [0.29, 0.717) is 24.8 Å². The molecule has 8 nitrogen and oxygen atoms in total. The Bertz CT molecular complexity index is 1150. The summed E-state index contributed by atoms with van der Waals surface area (Å²) in [6.45, 7) is 7.03. The molecule has 3 N–H and O–H groups in total. The van der Waals surface area contributed by atoms with E-state index in [1.165, 1.54) is 18.3 Å². The second-order valence-corrected chi connectivity index (χ2v) is 9.84. The van der Waals surface area contributed by atoms with Gasteiger partial charge in [0.05, 0.1) is 5.52 Å². The van der Waals surface area contributed by atoms with Crippen molar-refractivity contribution in [2.45, 2.75) is 70.9 Å². The van der Waals surface area contributed by atoms with Crippen molar-refractivity contribution in [2.24, 2.45) is 0 Å². The zero-order valence-corrected chi connectivity index (χ0v) is 21.4. The molecule has 3 heterocycles. The minimum atomic E-state index is -0.867. The Kier molecular flexibility index (Phi) is 9.06. The molecule has 0 radical (unpaired) electrons. The summed E-state index contributed by atoms with van der Waals surface area (Å²) in [5, 5.41) is 17.2. The highest BCUT2D eigenvalue weighted by molar-refractivity contribution is 5.90. The van der Waals surface area contributed by atoms with Crippen LogP contribution in [-0.4, -0.2) is 62.6 Å². The van der Waals surface area contributed by atoms with Crippen LogP contribution in [0, 0.1) is 0 Å². The Balaban J connectivity index is 1.24. The van der Waals surface area contributed by atoms with Crippen molar-refractivity contribution >= 4 is 28.5 Å². The predicted octanol–water partition coefficient (Wildman–Crippen LogP) is 4.76. The number of carboxylic acid groups (broad SMARTS) is 1. The molecule has 36 heavy (non-hydrogen) atoms. The van der Waals surface area contributed by atoms with Gasteiger partial charge in [0.1, 0.15) is 24.0 Å². The van der Waals surface area contributed by atoms with E-state index in [2.05, 4.69) is 51.5 Å². The maximum atomic E-state index is 12.0. The van der Waals surface area contributed by atoms with Crippen molar-refractivity contribution in [3.8, 4) is 0 Å². The summed E-state index contributed by atoms with van der Waals surface area (Å²) in [5.74, 6) is 0.768. The number of benzene rings is 1. The third-order valence-corrected chi connectivity index (χ3v) is 6.92. The van der Waals surface area contributed by atoms with E-state index in [-0.39, 0.29) is 0 Å². The molecule has 0 aliphatic carbocycles. The van der Waals surface area contributed by atoms with Crippen molar-refractivity contribution in [3.05, 3.63) is 54.0 Å². The first-order valence-corrected chi connectivity index (χ1v) is 13.2. The summed E-state index contributed by atoms with van der Waals surface area (Å²) >= 11 is 0. The van der Waals surface area contributed by atoms with Crippen LogP contribution in [0.1, 0.15) is 57.2 Å². The van der Waals surface area contributed by atoms with E-state index in [4.69, 9.17) is 4.98 Å². The Hall–Kier alpha value is -3.26. The van der Waals surface area contributed by atoms with Gasteiger partial charge in [-0.15, -0.1) is 0 Å². The smallest absolute Gasteiger partial charge is 0.326 e. The fourth-order valence-corrected chi connectivity index (χ4v) is 4.77. The molecule has 3 aromatic rings. The molecule has 0 bridgehead atoms. The molecule has 1 atom stereocenters. The molecule has 8 heteroatoms. The number of hydrogen-bond donors (Lipinski definition) is 3. The molecule has 2 aromatic heterocycles. The van der Waals surface area contributed by atoms with Gasteiger partial charge in [-0.1, -0.05) is 24.6 Å². The molecule has 0 spiro atoms. The summed E-state index contributed by atoms with van der Waals surface area (Å²) in [4.78, 5) is 27.7. The molecule has 1 aromatic carbocycles. The molecule has 192 valence electrons. The van der Waals surface area contributed by atoms with Crippen LogP contribution in [0.2, 0.25) is 0 Å². The van der Waals surface area contributed by atoms with Gasteiger partial charge < -0.3 is 20.6 Å². The van der Waals surface area contributed by atoms with Crippen LogP contribution in [0.25, 0.3) is 10.9 Å². The molecule has 0 fully saturated rings. The van der Waals surface area contributed by atoms with Crippen molar-refractivity contribution < 1.29 is 9.90 Å². The van der Waals surface area contributed by atoms with E-state index in [1.807, 2.05) is 24.3 Å². The first-order chi connectivity index (χ1) is 17.5. The van der Waals surface area contributed by atoms with E-state index in [1.54, 1.807) is 0 Å². The van der Waals surface area contributed by atoms with E-state index in [0.717, 1.165) is 67.6 Å². The van der Waals surface area contributed by atoms with Gasteiger partial charge in [0.15, 0.2) is 0 Å². The normalized spacial score (nSPS) is 14.0. The molecule has 0 saturated carbocycles. The van der Waals surface area contributed by atoms with Gasteiger partial charge >= 0.3 is 5.97 Å². The molecule has 0 unspecified atom stereocenters. The van der Waals surface area contributed by atoms with Crippen LogP contribution in [-0.2, 0) is 17.6 Å². The second-order valence-electron chi connectivity index (χ2n) is 9.84. The summed E-state index contributed by atoms with van der Waals surface area (Å²) in [6.07, 6.45) is 8.59. The van der Waals surface area contributed by atoms with Crippen LogP contribution in [0.15, 0.2) is 42.7 Å². The third kappa shape index (κ3) is 6.91. The van der Waals surface area contributed by atoms with Crippen LogP contribution < -0.4 is 10.6 Å².